The molecule has 0 aromatic heterocycles. The number of alkyl carbamates (subject to hydrolysis) is 1. The van der Waals surface area contributed by atoms with Crippen molar-refractivity contribution in [1.82, 2.24) is 10.8 Å². The first-order valence-corrected chi connectivity index (χ1v) is 11.5. The average Bonchev–Trinajstić information content (AvgIpc) is 2.91. The Hall–Kier alpha value is -4.14. The molecule has 0 aliphatic heterocycles. The van der Waals surface area contributed by atoms with Gasteiger partial charge in [0.1, 0.15) is 12.2 Å². The predicted octanol–water partition coefficient (Wildman–Crippen LogP) is 3.32. The molecule has 8 heteroatoms. The minimum atomic E-state index is -1.55. The Morgan fingerprint density at radius 3 is 2.36 bits per heavy atom. The van der Waals surface area contributed by atoms with Gasteiger partial charge in [-0.2, -0.15) is 5.48 Å². The number of nitrogens with two attached hydrogens (primary N) is 1. The molecule has 0 bridgehead atoms. The second-order valence-electron chi connectivity index (χ2n) is 8.22. The van der Waals surface area contributed by atoms with Crippen LogP contribution in [0.4, 0.5) is 4.79 Å². The van der Waals surface area contributed by atoms with Gasteiger partial charge in [0.15, 0.2) is 5.75 Å². The molecule has 2 atom stereocenters. The SMILES string of the molecule is C=CCOC(=O)NCCC(N)C(=O)NOc1ccccc1C(O)(c1ccccc1)c1ccc(C)cc1. The van der Waals surface area contributed by atoms with Crippen molar-refractivity contribution in [1.29, 1.82) is 0 Å². The van der Waals surface area contributed by atoms with E-state index in [4.69, 9.17) is 15.3 Å². The van der Waals surface area contributed by atoms with Gasteiger partial charge in [0.05, 0.1) is 6.04 Å². The first kappa shape index (κ1) is 26.5. The van der Waals surface area contributed by atoms with Gasteiger partial charge in [0.25, 0.3) is 5.91 Å². The minimum absolute atomic E-state index is 0.0868. The average molecular weight is 490 g/mol. The second kappa shape index (κ2) is 12.5. The fraction of sp³-hybridized carbons (Fsp3) is 0.214. The molecule has 0 saturated heterocycles. The molecule has 0 aliphatic carbocycles. The number of carbonyl (C=O) groups is 2. The van der Waals surface area contributed by atoms with E-state index in [1.165, 1.54) is 6.08 Å². The summed E-state index contributed by atoms with van der Waals surface area (Å²) in [6, 6.07) is 22.8. The molecule has 0 saturated carbocycles. The summed E-state index contributed by atoms with van der Waals surface area (Å²) in [5.74, 6) is -0.319. The highest BCUT2D eigenvalue weighted by Crippen LogP contribution is 2.40. The van der Waals surface area contributed by atoms with Gasteiger partial charge in [-0.3, -0.25) is 4.79 Å². The van der Waals surface area contributed by atoms with E-state index in [-0.39, 0.29) is 25.3 Å². The van der Waals surface area contributed by atoms with Crippen LogP contribution >= 0.6 is 0 Å². The predicted molar refractivity (Wildman–Crippen MR) is 137 cm³/mol. The molecule has 8 nitrogen and oxygen atoms in total. The Balaban J connectivity index is 1.77. The van der Waals surface area contributed by atoms with Crippen LogP contribution < -0.4 is 21.4 Å². The van der Waals surface area contributed by atoms with Crippen molar-refractivity contribution in [3.05, 3.63) is 114 Å². The zero-order chi connectivity index (χ0) is 26.0. The maximum Gasteiger partial charge on any atom is 0.407 e. The molecule has 2 amide bonds. The lowest BCUT2D eigenvalue weighted by atomic mass is 9.80. The Morgan fingerprint density at radius 2 is 1.67 bits per heavy atom. The Labute approximate surface area is 210 Å². The molecule has 2 unspecified atom stereocenters. The van der Waals surface area contributed by atoms with Gasteiger partial charge < -0.3 is 25.7 Å². The third-order valence-corrected chi connectivity index (χ3v) is 5.59. The number of aryl methyl sites for hydroxylation is 1. The van der Waals surface area contributed by atoms with Crippen LogP contribution in [-0.4, -0.2) is 36.3 Å². The topological polar surface area (TPSA) is 123 Å². The van der Waals surface area contributed by atoms with E-state index in [1.54, 1.807) is 24.3 Å². The summed E-state index contributed by atoms with van der Waals surface area (Å²) < 4.78 is 4.81. The zero-order valence-corrected chi connectivity index (χ0v) is 20.1. The summed E-state index contributed by atoms with van der Waals surface area (Å²) in [7, 11) is 0. The van der Waals surface area contributed by atoms with Crippen molar-refractivity contribution >= 4 is 12.0 Å². The van der Waals surface area contributed by atoms with Crippen molar-refractivity contribution in [2.45, 2.75) is 25.0 Å². The number of hydrogen-bond donors (Lipinski definition) is 4. The van der Waals surface area contributed by atoms with Crippen molar-refractivity contribution in [2.24, 2.45) is 5.73 Å². The monoisotopic (exact) mass is 489 g/mol. The molecule has 36 heavy (non-hydrogen) atoms. The van der Waals surface area contributed by atoms with Crippen LogP contribution in [0.5, 0.6) is 5.75 Å². The van der Waals surface area contributed by atoms with Crippen LogP contribution in [0.25, 0.3) is 0 Å². The molecule has 0 spiro atoms. The molecular formula is C28H31N3O5. The van der Waals surface area contributed by atoms with Gasteiger partial charge in [-0.1, -0.05) is 91.0 Å². The lowest BCUT2D eigenvalue weighted by molar-refractivity contribution is -0.129. The second-order valence-corrected chi connectivity index (χ2v) is 8.22. The zero-order valence-electron chi connectivity index (χ0n) is 20.1. The molecular weight excluding hydrogens is 458 g/mol. The van der Waals surface area contributed by atoms with E-state index in [9.17, 15) is 14.7 Å². The Morgan fingerprint density at radius 1 is 1.03 bits per heavy atom. The van der Waals surface area contributed by atoms with E-state index >= 15 is 0 Å². The number of ether oxygens (including phenoxy) is 1. The summed E-state index contributed by atoms with van der Waals surface area (Å²) in [4.78, 5) is 29.6. The molecule has 5 N–H and O–H groups in total. The van der Waals surface area contributed by atoms with Crippen LogP contribution in [0.3, 0.4) is 0 Å². The Bertz CT molecular complexity index is 1170. The number of aliphatic hydroxyl groups is 1. The van der Waals surface area contributed by atoms with Gasteiger partial charge in [0, 0.05) is 12.1 Å². The molecule has 3 rings (SSSR count). The van der Waals surface area contributed by atoms with Crippen molar-refractivity contribution in [3.63, 3.8) is 0 Å². The van der Waals surface area contributed by atoms with Gasteiger partial charge >= 0.3 is 6.09 Å². The van der Waals surface area contributed by atoms with Gasteiger partial charge in [-0.25, -0.2) is 4.79 Å². The molecule has 0 aliphatic rings. The van der Waals surface area contributed by atoms with E-state index in [0.717, 1.165) is 5.56 Å². The minimum Gasteiger partial charge on any atom is -0.445 e. The summed E-state index contributed by atoms with van der Waals surface area (Å²) in [6.45, 7) is 5.66. The lowest BCUT2D eigenvalue weighted by Crippen LogP contribution is -2.44. The molecule has 0 fully saturated rings. The highest BCUT2D eigenvalue weighted by molar-refractivity contribution is 5.80. The van der Waals surface area contributed by atoms with Gasteiger partial charge in [-0.05, 0) is 30.5 Å². The third-order valence-electron chi connectivity index (χ3n) is 5.59. The highest BCUT2D eigenvalue weighted by atomic mass is 16.7. The first-order valence-electron chi connectivity index (χ1n) is 11.5. The van der Waals surface area contributed by atoms with Crippen LogP contribution in [0.1, 0.15) is 28.7 Å². The van der Waals surface area contributed by atoms with Gasteiger partial charge in [-0.15, -0.1) is 0 Å². The fourth-order valence-corrected chi connectivity index (χ4v) is 3.63. The van der Waals surface area contributed by atoms with Gasteiger partial charge in [0.2, 0.25) is 0 Å². The highest BCUT2D eigenvalue weighted by Gasteiger charge is 2.36. The number of amides is 2. The number of rotatable bonds is 11. The number of hydroxylamine groups is 1. The summed E-state index contributed by atoms with van der Waals surface area (Å²) in [5.41, 5.74) is 9.54. The summed E-state index contributed by atoms with van der Waals surface area (Å²) in [5, 5.41) is 14.6. The largest absolute Gasteiger partial charge is 0.445 e. The third kappa shape index (κ3) is 6.50. The number of hydrogen-bond acceptors (Lipinski definition) is 6. The molecule has 3 aromatic rings. The van der Waals surface area contributed by atoms with Crippen molar-refractivity contribution in [3.8, 4) is 5.75 Å². The maximum atomic E-state index is 12.5. The Kier molecular flexibility index (Phi) is 9.21. The molecule has 0 heterocycles. The van der Waals surface area contributed by atoms with Crippen LogP contribution in [0.15, 0.2) is 91.5 Å². The van der Waals surface area contributed by atoms with E-state index in [1.807, 2.05) is 61.5 Å². The van der Waals surface area contributed by atoms with Crippen molar-refractivity contribution < 1.29 is 24.3 Å². The van der Waals surface area contributed by atoms with E-state index in [0.29, 0.717) is 16.7 Å². The normalized spacial score (nSPS) is 13.1. The molecule has 3 aromatic carbocycles. The number of nitrogens with one attached hydrogen (secondary N) is 2. The van der Waals surface area contributed by atoms with E-state index in [2.05, 4.69) is 17.4 Å². The number of benzene rings is 3. The fourth-order valence-electron chi connectivity index (χ4n) is 3.63. The van der Waals surface area contributed by atoms with Crippen LogP contribution in [0, 0.1) is 6.92 Å². The quantitative estimate of drug-likeness (QED) is 0.186. The number of para-hydroxylation sites is 1. The lowest BCUT2D eigenvalue weighted by Gasteiger charge is -2.31. The van der Waals surface area contributed by atoms with Crippen molar-refractivity contribution in [2.75, 3.05) is 13.2 Å². The molecule has 188 valence electrons. The van der Waals surface area contributed by atoms with E-state index < -0.39 is 23.6 Å². The smallest absolute Gasteiger partial charge is 0.407 e. The summed E-state index contributed by atoms with van der Waals surface area (Å²) >= 11 is 0. The van der Waals surface area contributed by atoms with Crippen LogP contribution in [-0.2, 0) is 15.1 Å². The first-order chi connectivity index (χ1) is 17.4. The number of carbonyl (C=O) groups excluding carboxylic acids is 2. The van der Waals surface area contributed by atoms with Crippen LogP contribution in [0.2, 0.25) is 0 Å². The standard InChI is InChI=1S/C28H31N3O5/c1-3-19-35-27(33)30-18-17-24(29)26(32)31-36-25-12-8-7-11-23(25)28(34,21-9-5-4-6-10-21)22-15-13-20(2)14-16-22/h3-16,24,34H,1,17-19,29H2,2H3,(H,30,33)(H,31,32). The maximum absolute atomic E-state index is 12.5. The molecule has 0 radical (unpaired) electrons. The summed E-state index contributed by atoms with van der Waals surface area (Å²) in [6.07, 6.45) is 0.993.